The lowest BCUT2D eigenvalue weighted by Gasteiger charge is -2.30. The number of anilines is 1. The fourth-order valence-corrected chi connectivity index (χ4v) is 2.88. The van der Waals surface area contributed by atoms with Gasteiger partial charge in [0.1, 0.15) is 5.75 Å². The SMILES string of the molecule is COc1cccc(N(C)CC2CCOCC2)c1[C@H](C)O. The van der Waals surface area contributed by atoms with Crippen LogP contribution < -0.4 is 9.64 Å². The van der Waals surface area contributed by atoms with E-state index in [1.54, 1.807) is 14.0 Å². The summed E-state index contributed by atoms with van der Waals surface area (Å²) < 4.78 is 10.8. The molecule has 0 spiro atoms. The Balaban J connectivity index is 2.17. The molecule has 1 aliphatic heterocycles. The molecule has 4 nitrogen and oxygen atoms in total. The van der Waals surface area contributed by atoms with Crippen molar-refractivity contribution in [1.29, 1.82) is 0 Å². The van der Waals surface area contributed by atoms with Gasteiger partial charge in [-0.3, -0.25) is 0 Å². The minimum Gasteiger partial charge on any atom is -0.496 e. The van der Waals surface area contributed by atoms with E-state index < -0.39 is 6.10 Å². The van der Waals surface area contributed by atoms with Crippen LogP contribution in [-0.4, -0.2) is 39.0 Å². The van der Waals surface area contributed by atoms with Crippen molar-refractivity contribution < 1.29 is 14.6 Å². The maximum atomic E-state index is 10.0. The molecule has 1 fully saturated rings. The first-order valence-corrected chi connectivity index (χ1v) is 7.27. The zero-order chi connectivity index (χ0) is 14.5. The van der Waals surface area contributed by atoms with E-state index in [0.717, 1.165) is 49.6 Å². The third-order valence-corrected chi connectivity index (χ3v) is 3.96. The molecule has 4 heteroatoms. The van der Waals surface area contributed by atoms with E-state index in [-0.39, 0.29) is 0 Å². The first kappa shape index (κ1) is 15.1. The number of benzene rings is 1. The van der Waals surface area contributed by atoms with Crippen molar-refractivity contribution in [2.45, 2.75) is 25.9 Å². The van der Waals surface area contributed by atoms with Crippen molar-refractivity contribution >= 4 is 5.69 Å². The monoisotopic (exact) mass is 279 g/mol. The number of methoxy groups -OCH3 is 1. The summed E-state index contributed by atoms with van der Waals surface area (Å²) in [4.78, 5) is 2.22. The van der Waals surface area contributed by atoms with Gasteiger partial charge in [0.05, 0.1) is 13.2 Å². The fourth-order valence-electron chi connectivity index (χ4n) is 2.88. The maximum Gasteiger partial charge on any atom is 0.126 e. The summed E-state index contributed by atoms with van der Waals surface area (Å²) in [6, 6.07) is 5.91. The number of ether oxygens (including phenoxy) is 2. The number of hydrogen-bond acceptors (Lipinski definition) is 4. The molecule has 1 aromatic carbocycles. The van der Waals surface area contributed by atoms with Crippen molar-refractivity contribution in [3.63, 3.8) is 0 Å². The summed E-state index contributed by atoms with van der Waals surface area (Å²) in [5.41, 5.74) is 1.91. The van der Waals surface area contributed by atoms with E-state index in [1.165, 1.54) is 0 Å². The molecule has 1 saturated heterocycles. The quantitative estimate of drug-likeness (QED) is 0.899. The molecule has 0 radical (unpaired) electrons. The Hall–Kier alpha value is -1.26. The van der Waals surface area contributed by atoms with Crippen molar-refractivity contribution in [3.05, 3.63) is 23.8 Å². The standard InChI is InChI=1S/C16H25NO3/c1-12(18)16-14(5-4-6-15(16)19-3)17(2)11-13-7-9-20-10-8-13/h4-6,12-13,18H,7-11H2,1-3H3/t12-/m0/s1. The second-order valence-electron chi connectivity index (χ2n) is 5.51. The molecule has 0 amide bonds. The smallest absolute Gasteiger partial charge is 0.126 e. The van der Waals surface area contributed by atoms with Crippen LogP contribution in [0.3, 0.4) is 0 Å². The van der Waals surface area contributed by atoms with Crippen LogP contribution in [0.1, 0.15) is 31.4 Å². The van der Waals surface area contributed by atoms with Gasteiger partial charge in [-0.05, 0) is 37.8 Å². The molecule has 112 valence electrons. The molecule has 2 rings (SSSR count). The highest BCUT2D eigenvalue weighted by molar-refractivity contribution is 5.60. The average Bonchev–Trinajstić information content (AvgIpc) is 2.47. The Bertz CT molecular complexity index is 428. The lowest BCUT2D eigenvalue weighted by Crippen LogP contribution is -2.30. The topological polar surface area (TPSA) is 41.9 Å². The van der Waals surface area contributed by atoms with Crippen LogP contribution >= 0.6 is 0 Å². The van der Waals surface area contributed by atoms with Gasteiger partial charge in [0.15, 0.2) is 0 Å². The predicted molar refractivity (Wildman–Crippen MR) is 80.4 cm³/mol. The fraction of sp³-hybridized carbons (Fsp3) is 0.625. The van der Waals surface area contributed by atoms with Crippen LogP contribution in [-0.2, 0) is 4.74 Å². The summed E-state index contributed by atoms with van der Waals surface area (Å²) in [6.45, 7) is 4.49. The van der Waals surface area contributed by atoms with Crippen LogP contribution in [0, 0.1) is 5.92 Å². The Kier molecular flexibility index (Phi) is 5.26. The van der Waals surface area contributed by atoms with Crippen molar-refractivity contribution in [3.8, 4) is 5.75 Å². The van der Waals surface area contributed by atoms with Gasteiger partial charge in [0.25, 0.3) is 0 Å². The maximum absolute atomic E-state index is 10.0. The Labute approximate surface area is 121 Å². The molecule has 1 N–H and O–H groups in total. The van der Waals surface area contributed by atoms with Crippen LogP contribution in [0.4, 0.5) is 5.69 Å². The Morgan fingerprint density at radius 2 is 2.10 bits per heavy atom. The molecular weight excluding hydrogens is 254 g/mol. The molecule has 0 unspecified atom stereocenters. The van der Waals surface area contributed by atoms with Crippen LogP contribution in [0.25, 0.3) is 0 Å². The predicted octanol–water partition coefficient (Wildman–Crippen LogP) is 2.61. The lowest BCUT2D eigenvalue weighted by molar-refractivity contribution is 0.0685. The number of hydrogen-bond donors (Lipinski definition) is 1. The Morgan fingerprint density at radius 3 is 2.70 bits per heavy atom. The lowest BCUT2D eigenvalue weighted by atomic mass is 9.98. The van der Waals surface area contributed by atoms with E-state index in [9.17, 15) is 5.11 Å². The molecule has 0 aliphatic carbocycles. The van der Waals surface area contributed by atoms with Gasteiger partial charge in [-0.1, -0.05) is 6.07 Å². The highest BCUT2D eigenvalue weighted by Gasteiger charge is 2.20. The molecule has 0 aromatic heterocycles. The van der Waals surface area contributed by atoms with Gasteiger partial charge in [0.2, 0.25) is 0 Å². The van der Waals surface area contributed by atoms with E-state index in [1.807, 2.05) is 18.2 Å². The van der Waals surface area contributed by atoms with Gasteiger partial charge in [0, 0.05) is 38.1 Å². The van der Waals surface area contributed by atoms with E-state index in [4.69, 9.17) is 9.47 Å². The minimum atomic E-state index is -0.543. The first-order valence-electron chi connectivity index (χ1n) is 7.27. The zero-order valence-electron chi connectivity index (χ0n) is 12.6. The number of rotatable bonds is 5. The first-order chi connectivity index (χ1) is 9.63. The zero-order valence-corrected chi connectivity index (χ0v) is 12.6. The van der Waals surface area contributed by atoms with Gasteiger partial charge in [-0.2, -0.15) is 0 Å². The molecular formula is C16H25NO3. The number of aliphatic hydroxyl groups is 1. The van der Waals surface area contributed by atoms with E-state index in [0.29, 0.717) is 5.92 Å². The van der Waals surface area contributed by atoms with E-state index in [2.05, 4.69) is 11.9 Å². The third kappa shape index (κ3) is 3.44. The molecule has 1 aliphatic rings. The van der Waals surface area contributed by atoms with Crippen molar-refractivity contribution in [2.24, 2.45) is 5.92 Å². The summed E-state index contributed by atoms with van der Waals surface area (Å²) in [7, 11) is 3.72. The molecule has 1 aromatic rings. The number of aliphatic hydroxyl groups excluding tert-OH is 1. The van der Waals surface area contributed by atoms with Gasteiger partial charge >= 0.3 is 0 Å². The highest BCUT2D eigenvalue weighted by atomic mass is 16.5. The summed E-state index contributed by atoms with van der Waals surface area (Å²) in [6.07, 6.45) is 1.68. The molecule has 0 bridgehead atoms. The molecule has 20 heavy (non-hydrogen) atoms. The van der Waals surface area contributed by atoms with Crippen LogP contribution in [0.5, 0.6) is 5.75 Å². The van der Waals surface area contributed by atoms with Crippen LogP contribution in [0.2, 0.25) is 0 Å². The summed E-state index contributed by atoms with van der Waals surface area (Å²) >= 11 is 0. The van der Waals surface area contributed by atoms with Crippen molar-refractivity contribution in [2.75, 3.05) is 38.8 Å². The van der Waals surface area contributed by atoms with Crippen molar-refractivity contribution in [1.82, 2.24) is 0 Å². The third-order valence-electron chi connectivity index (χ3n) is 3.96. The van der Waals surface area contributed by atoms with Crippen LogP contribution in [0.15, 0.2) is 18.2 Å². The second-order valence-corrected chi connectivity index (χ2v) is 5.51. The minimum absolute atomic E-state index is 0.543. The average molecular weight is 279 g/mol. The van der Waals surface area contributed by atoms with Gasteiger partial charge in [-0.25, -0.2) is 0 Å². The molecule has 0 saturated carbocycles. The number of nitrogens with zero attached hydrogens (tertiary/aromatic N) is 1. The normalized spacial score (nSPS) is 17.8. The second kappa shape index (κ2) is 6.95. The summed E-state index contributed by atoms with van der Waals surface area (Å²) in [5.74, 6) is 1.40. The summed E-state index contributed by atoms with van der Waals surface area (Å²) in [5, 5.41) is 10.0. The molecule has 1 heterocycles. The van der Waals surface area contributed by atoms with Gasteiger partial charge < -0.3 is 19.5 Å². The van der Waals surface area contributed by atoms with Gasteiger partial charge in [-0.15, -0.1) is 0 Å². The molecule has 1 atom stereocenters. The Morgan fingerprint density at radius 1 is 1.40 bits per heavy atom. The van der Waals surface area contributed by atoms with E-state index >= 15 is 0 Å². The largest absolute Gasteiger partial charge is 0.496 e. The highest BCUT2D eigenvalue weighted by Crippen LogP contribution is 2.34.